The van der Waals surface area contributed by atoms with Crippen LogP contribution in [0.1, 0.15) is 13.8 Å². The van der Waals surface area contributed by atoms with Gasteiger partial charge in [0.25, 0.3) is 0 Å². The van der Waals surface area contributed by atoms with Crippen molar-refractivity contribution in [2.24, 2.45) is 5.41 Å². The molecule has 1 saturated heterocycles. The van der Waals surface area contributed by atoms with Crippen molar-refractivity contribution in [3.63, 3.8) is 0 Å². The highest BCUT2D eigenvalue weighted by Gasteiger charge is 2.35. The van der Waals surface area contributed by atoms with E-state index in [4.69, 9.17) is 11.6 Å². The van der Waals surface area contributed by atoms with Crippen LogP contribution in [0.5, 0.6) is 0 Å². The minimum atomic E-state index is 0.418. The Labute approximate surface area is 83.5 Å². The van der Waals surface area contributed by atoms with Crippen LogP contribution in [-0.2, 0) is 0 Å². The first kappa shape index (κ1) is 8.82. The molecular weight excluding hydrogens is 184 g/mol. The fourth-order valence-corrected chi connectivity index (χ4v) is 1.99. The van der Waals surface area contributed by atoms with E-state index in [0.29, 0.717) is 5.41 Å². The first-order valence-corrected chi connectivity index (χ1v) is 4.82. The van der Waals surface area contributed by atoms with Crippen LogP contribution >= 0.6 is 11.6 Å². The topological polar surface area (TPSA) is 16.1 Å². The highest BCUT2D eigenvalue weighted by atomic mass is 35.5. The molecular formula is C10H13ClN2. The maximum absolute atomic E-state index is 6.02. The van der Waals surface area contributed by atoms with Gasteiger partial charge in [0.2, 0.25) is 0 Å². The molecule has 0 unspecified atom stereocenters. The van der Waals surface area contributed by atoms with Gasteiger partial charge in [-0.05, 0) is 17.5 Å². The van der Waals surface area contributed by atoms with E-state index in [1.165, 1.54) is 0 Å². The van der Waals surface area contributed by atoms with E-state index in [9.17, 15) is 0 Å². The first-order valence-electron chi connectivity index (χ1n) is 4.44. The minimum Gasteiger partial charge on any atom is -0.354 e. The molecule has 0 aromatic carbocycles. The molecule has 0 spiro atoms. The Morgan fingerprint density at radius 3 is 2.69 bits per heavy atom. The Balaban J connectivity index is 2.16. The van der Waals surface area contributed by atoms with Crippen LogP contribution in [0, 0.1) is 5.41 Å². The summed E-state index contributed by atoms with van der Waals surface area (Å²) in [5, 5.41) is 0.748. The van der Waals surface area contributed by atoms with Crippen LogP contribution in [0.2, 0.25) is 5.02 Å². The summed E-state index contributed by atoms with van der Waals surface area (Å²) in [6, 6.07) is 3.74. The van der Waals surface area contributed by atoms with Crippen LogP contribution in [0.4, 0.5) is 5.82 Å². The van der Waals surface area contributed by atoms with Crippen molar-refractivity contribution in [3.8, 4) is 0 Å². The summed E-state index contributed by atoms with van der Waals surface area (Å²) in [7, 11) is 0. The Kier molecular flexibility index (Phi) is 1.95. The minimum absolute atomic E-state index is 0.418. The van der Waals surface area contributed by atoms with Crippen LogP contribution < -0.4 is 4.90 Å². The Hall–Kier alpha value is -0.760. The number of hydrogen-bond acceptors (Lipinski definition) is 2. The molecule has 1 aromatic rings. The smallest absolute Gasteiger partial charge is 0.147 e. The third kappa shape index (κ3) is 1.63. The summed E-state index contributed by atoms with van der Waals surface area (Å²) < 4.78 is 0. The van der Waals surface area contributed by atoms with E-state index in [1.807, 2.05) is 12.1 Å². The van der Waals surface area contributed by atoms with Gasteiger partial charge >= 0.3 is 0 Å². The number of hydrogen-bond donors (Lipinski definition) is 0. The molecule has 0 radical (unpaired) electrons. The van der Waals surface area contributed by atoms with E-state index in [1.54, 1.807) is 6.20 Å². The summed E-state index contributed by atoms with van der Waals surface area (Å²) in [4.78, 5) is 6.47. The van der Waals surface area contributed by atoms with Gasteiger partial charge in [0.1, 0.15) is 5.82 Å². The monoisotopic (exact) mass is 196 g/mol. The van der Waals surface area contributed by atoms with Gasteiger partial charge < -0.3 is 4.90 Å². The van der Waals surface area contributed by atoms with Crippen LogP contribution in [0.15, 0.2) is 18.3 Å². The highest BCUT2D eigenvalue weighted by molar-refractivity contribution is 6.32. The average Bonchev–Trinajstić information content (AvgIpc) is 2.01. The number of aromatic nitrogens is 1. The zero-order chi connectivity index (χ0) is 9.47. The molecule has 0 bridgehead atoms. The Bertz CT molecular complexity index is 314. The van der Waals surface area contributed by atoms with Gasteiger partial charge in [0.05, 0.1) is 5.02 Å². The fourth-order valence-electron chi connectivity index (χ4n) is 1.75. The lowest BCUT2D eigenvalue weighted by molar-refractivity contribution is 0.274. The number of halogens is 1. The zero-order valence-electron chi connectivity index (χ0n) is 7.92. The van der Waals surface area contributed by atoms with Gasteiger partial charge in [-0.15, -0.1) is 0 Å². The zero-order valence-corrected chi connectivity index (χ0v) is 8.67. The molecule has 3 heteroatoms. The van der Waals surface area contributed by atoms with Crippen LogP contribution in [-0.4, -0.2) is 18.1 Å². The molecule has 1 fully saturated rings. The lowest BCUT2D eigenvalue weighted by atomic mass is 9.84. The summed E-state index contributed by atoms with van der Waals surface area (Å²) in [5.41, 5.74) is 0.418. The average molecular weight is 197 g/mol. The molecule has 0 N–H and O–H groups in total. The summed E-state index contributed by atoms with van der Waals surface area (Å²) in [6.45, 7) is 6.59. The van der Waals surface area contributed by atoms with Crippen molar-refractivity contribution in [1.82, 2.24) is 4.98 Å². The Morgan fingerprint density at radius 1 is 1.46 bits per heavy atom. The van der Waals surface area contributed by atoms with Crippen LogP contribution in [0.25, 0.3) is 0 Å². The van der Waals surface area contributed by atoms with Crippen molar-refractivity contribution >= 4 is 17.4 Å². The van der Waals surface area contributed by atoms with Crippen LogP contribution in [0.3, 0.4) is 0 Å². The van der Waals surface area contributed by atoms with Crippen molar-refractivity contribution in [1.29, 1.82) is 0 Å². The quantitative estimate of drug-likeness (QED) is 0.687. The van der Waals surface area contributed by atoms with E-state index >= 15 is 0 Å². The normalized spacial score (nSPS) is 19.8. The van der Waals surface area contributed by atoms with E-state index in [-0.39, 0.29) is 0 Å². The first-order chi connectivity index (χ1) is 6.08. The summed E-state index contributed by atoms with van der Waals surface area (Å²) in [5.74, 6) is 0.920. The highest BCUT2D eigenvalue weighted by Crippen LogP contribution is 2.35. The van der Waals surface area contributed by atoms with Gasteiger partial charge in [-0.2, -0.15) is 0 Å². The number of anilines is 1. The lowest BCUT2D eigenvalue weighted by Crippen LogP contribution is -2.53. The molecule has 1 aliphatic heterocycles. The third-order valence-electron chi connectivity index (χ3n) is 2.28. The fraction of sp³-hybridized carbons (Fsp3) is 0.500. The molecule has 2 heterocycles. The standard InChI is InChI=1S/C10H13ClN2/c1-10(2)6-13(7-10)9-8(11)4-3-5-12-9/h3-5H,6-7H2,1-2H3. The Morgan fingerprint density at radius 2 is 2.15 bits per heavy atom. The van der Waals surface area contributed by atoms with Crippen molar-refractivity contribution in [2.75, 3.05) is 18.0 Å². The van der Waals surface area contributed by atoms with E-state index < -0.39 is 0 Å². The molecule has 2 rings (SSSR count). The molecule has 2 nitrogen and oxygen atoms in total. The van der Waals surface area contributed by atoms with Crippen molar-refractivity contribution in [3.05, 3.63) is 23.4 Å². The second-order valence-corrected chi connectivity index (χ2v) is 4.74. The number of nitrogens with zero attached hydrogens (tertiary/aromatic N) is 2. The molecule has 0 amide bonds. The molecule has 70 valence electrons. The molecule has 1 aromatic heterocycles. The van der Waals surface area contributed by atoms with Gasteiger partial charge in [0, 0.05) is 19.3 Å². The summed E-state index contributed by atoms with van der Waals surface area (Å²) in [6.07, 6.45) is 1.78. The number of pyridine rings is 1. The van der Waals surface area contributed by atoms with Crippen molar-refractivity contribution < 1.29 is 0 Å². The van der Waals surface area contributed by atoms with Gasteiger partial charge in [-0.1, -0.05) is 25.4 Å². The maximum atomic E-state index is 6.02. The molecule has 0 aliphatic carbocycles. The molecule has 0 saturated carbocycles. The SMILES string of the molecule is CC1(C)CN(c2ncccc2Cl)C1. The largest absolute Gasteiger partial charge is 0.354 e. The van der Waals surface area contributed by atoms with Crippen molar-refractivity contribution in [2.45, 2.75) is 13.8 Å². The molecule has 0 atom stereocenters. The van der Waals surface area contributed by atoms with Gasteiger partial charge in [-0.25, -0.2) is 4.98 Å². The van der Waals surface area contributed by atoms with E-state index in [2.05, 4.69) is 23.7 Å². The summed E-state index contributed by atoms with van der Waals surface area (Å²) >= 11 is 6.02. The third-order valence-corrected chi connectivity index (χ3v) is 2.57. The van der Waals surface area contributed by atoms with Gasteiger partial charge in [0.15, 0.2) is 0 Å². The molecule has 13 heavy (non-hydrogen) atoms. The predicted molar refractivity (Wildman–Crippen MR) is 55.2 cm³/mol. The number of rotatable bonds is 1. The second kappa shape index (κ2) is 2.88. The van der Waals surface area contributed by atoms with E-state index in [0.717, 1.165) is 23.9 Å². The predicted octanol–water partition coefficient (Wildman–Crippen LogP) is 2.58. The van der Waals surface area contributed by atoms with Gasteiger partial charge in [-0.3, -0.25) is 0 Å². The maximum Gasteiger partial charge on any atom is 0.147 e. The molecule has 1 aliphatic rings. The lowest BCUT2D eigenvalue weighted by Gasteiger charge is -2.46. The second-order valence-electron chi connectivity index (χ2n) is 4.33.